The van der Waals surface area contributed by atoms with Gasteiger partial charge in [0.15, 0.2) is 0 Å². The van der Waals surface area contributed by atoms with Crippen LogP contribution in [0.1, 0.15) is 31.9 Å². The predicted octanol–water partition coefficient (Wildman–Crippen LogP) is 3.89. The zero-order valence-electron chi connectivity index (χ0n) is 14.1. The molecule has 5 heteroatoms. The fourth-order valence-corrected chi connectivity index (χ4v) is 2.94. The van der Waals surface area contributed by atoms with Crippen LogP contribution in [0.5, 0.6) is 0 Å². The standard InChI is InChI=1S/C18H25BrN2O2/c1-18(2,3)23-17(22)20-9-8-14-6-7-15(16(19)12-14)13-21-10-4-5-11-21/h4-7,12H,8-11,13H2,1-3H3,(H,20,22). The zero-order valence-corrected chi connectivity index (χ0v) is 15.6. The van der Waals surface area contributed by atoms with E-state index in [2.05, 4.69) is 56.5 Å². The number of carbonyl (C=O) groups is 1. The monoisotopic (exact) mass is 380 g/mol. The topological polar surface area (TPSA) is 41.6 Å². The van der Waals surface area contributed by atoms with Crippen LogP contribution in [-0.4, -0.2) is 36.2 Å². The summed E-state index contributed by atoms with van der Waals surface area (Å²) >= 11 is 3.66. The van der Waals surface area contributed by atoms with Gasteiger partial charge in [0.1, 0.15) is 5.60 Å². The normalized spacial score (nSPS) is 15.0. The molecule has 0 bridgehead atoms. The number of nitrogens with one attached hydrogen (secondary N) is 1. The number of hydrogen-bond acceptors (Lipinski definition) is 3. The first-order valence-corrected chi connectivity index (χ1v) is 8.74. The van der Waals surface area contributed by atoms with Crippen LogP contribution >= 0.6 is 15.9 Å². The number of amides is 1. The van der Waals surface area contributed by atoms with Gasteiger partial charge in [-0.15, -0.1) is 0 Å². The highest BCUT2D eigenvalue weighted by atomic mass is 79.9. The van der Waals surface area contributed by atoms with Crippen LogP contribution < -0.4 is 5.32 Å². The summed E-state index contributed by atoms with van der Waals surface area (Å²) in [5.74, 6) is 0. The highest BCUT2D eigenvalue weighted by Gasteiger charge is 2.15. The number of nitrogens with zero attached hydrogens (tertiary/aromatic N) is 1. The van der Waals surface area contributed by atoms with Crippen molar-refractivity contribution in [2.24, 2.45) is 0 Å². The summed E-state index contributed by atoms with van der Waals surface area (Å²) in [5.41, 5.74) is 2.02. The van der Waals surface area contributed by atoms with Crippen molar-refractivity contribution in [1.29, 1.82) is 0 Å². The van der Waals surface area contributed by atoms with Gasteiger partial charge in [-0.1, -0.05) is 40.2 Å². The molecule has 4 nitrogen and oxygen atoms in total. The first-order valence-electron chi connectivity index (χ1n) is 7.95. The molecule has 126 valence electrons. The highest BCUT2D eigenvalue weighted by Crippen LogP contribution is 2.21. The molecular weight excluding hydrogens is 356 g/mol. The van der Waals surface area contributed by atoms with E-state index in [0.29, 0.717) is 6.54 Å². The largest absolute Gasteiger partial charge is 0.444 e. The second-order valence-electron chi connectivity index (χ2n) is 6.77. The minimum Gasteiger partial charge on any atom is -0.444 e. The SMILES string of the molecule is CC(C)(C)OC(=O)NCCc1ccc(CN2CC=CC2)c(Br)c1. The lowest BCUT2D eigenvalue weighted by molar-refractivity contribution is 0.0528. The molecule has 0 spiro atoms. The molecule has 0 aromatic heterocycles. The molecule has 1 aliphatic heterocycles. The third kappa shape index (κ3) is 6.36. The van der Waals surface area contributed by atoms with Crippen LogP contribution in [0.25, 0.3) is 0 Å². The number of benzene rings is 1. The third-order valence-corrected chi connectivity index (χ3v) is 4.23. The fraction of sp³-hybridized carbons (Fsp3) is 0.500. The van der Waals surface area contributed by atoms with Crippen LogP contribution in [0.2, 0.25) is 0 Å². The molecule has 1 aromatic carbocycles. The average Bonchev–Trinajstić information content (AvgIpc) is 2.92. The van der Waals surface area contributed by atoms with Gasteiger partial charge in [0.2, 0.25) is 0 Å². The summed E-state index contributed by atoms with van der Waals surface area (Å²) in [6.45, 7) is 9.14. The minimum absolute atomic E-state index is 0.366. The predicted molar refractivity (Wildman–Crippen MR) is 96.5 cm³/mol. The molecule has 0 unspecified atom stereocenters. The molecule has 1 aliphatic rings. The smallest absolute Gasteiger partial charge is 0.407 e. The van der Waals surface area contributed by atoms with Gasteiger partial charge in [-0.05, 0) is 44.4 Å². The van der Waals surface area contributed by atoms with Gasteiger partial charge in [-0.25, -0.2) is 4.79 Å². The van der Waals surface area contributed by atoms with E-state index in [9.17, 15) is 4.79 Å². The van der Waals surface area contributed by atoms with E-state index in [4.69, 9.17) is 4.74 Å². The Morgan fingerprint density at radius 2 is 2.00 bits per heavy atom. The molecule has 1 N–H and O–H groups in total. The molecule has 1 amide bonds. The first kappa shape index (κ1) is 18.0. The maximum Gasteiger partial charge on any atom is 0.407 e. The fourth-order valence-electron chi connectivity index (χ4n) is 2.39. The Bertz CT molecular complexity index is 571. The lowest BCUT2D eigenvalue weighted by Crippen LogP contribution is -2.33. The second kappa shape index (κ2) is 7.97. The summed E-state index contributed by atoms with van der Waals surface area (Å²) < 4.78 is 6.35. The van der Waals surface area contributed by atoms with Gasteiger partial charge in [-0.3, -0.25) is 4.90 Å². The number of rotatable bonds is 5. The van der Waals surface area contributed by atoms with Gasteiger partial charge in [0.05, 0.1) is 0 Å². The van der Waals surface area contributed by atoms with E-state index in [-0.39, 0.29) is 6.09 Å². The summed E-state index contributed by atoms with van der Waals surface area (Å²) in [6.07, 6.45) is 4.81. The highest BCUT2D eigenvalue weighted by molar-refractivity contribution is 9.10. The van der Waals surface area contributed by atoms with Crippen molar-refractivity contribution in [2.45, 2.75) is 39.3 Å². The summed E-state index contributed by atoms with van der Waals surface area (Å²) in [4.78, 5) is 14.0. The number of alkyl carbamates (subject to hydrolysis) is 1. The number of hydrogen-bond donors (Lipinski definition) is 1. The molecule has 23 heavy (non-hydrogen) atoms. The molecule has 0 aliphatic carbocycles. The van der Waals surface area contributed by atoms with E-state index in [1.807, 2.05) is 20.8 Å². The van der Waals surface area contributed by atoms with Crippen molar-refractivity contribution in [1.82, 2.24) is 10.2 Å². The van der Waals surface area contributed by atoms with Gasteiger partial charge < -0.3 is 10.1 Å². The summed E-state index contributed by atoms with van der Waals surface area (Å²) in [5, 5.41) is 2.79. The van der Waals surface area contributed by atoms with E-state index in [1.165, 1.54) is 11.1 Å². The Kier molecular flexibility index (Phi) is 6.25. The molecule has 1 heterocycles. The van der Waals surface area contributed by atoms with Gasteiger partial charge in [0.25, 0.3) is 0 Å². The van der Waals surface area contributed by atoms with E-state index < -0.39 is 5.60 Å². The van der Waals surface area contributed by atoms with E-state index in [1.54, 1.807) is 0 Å². The number of halogens is 1. The molecule has 0 saturated carbocycles. The van der Waals surface area contributed by atoms with Crippen LogP contribution in [0, 0.1) is 0 Å². The minimum atomic E-state index is -0.459. The second-order valence-corrected chi connectivity index (χ2v) is 7.62. The van der Waals surface area contributed by atoms with Crippen molar-refractivity contribution >= 4 is 22.0 Å². The Balaban J connectivity index is 1.80. The first-order chi connectivity index (χ1) is 10.8. The van der Waals surface area contributed by atoms with Crippen molar-refractivity contribution in [3.8, 4) is 0 Å². The third-order valence-electron chi connectivity index (χ3n) is 3.49. The lowest BCUT2D eigenvalue weighted by Gasteiger charge is -2.19. The van der Waals surface area contributed by atoms with Gasteiger partial charge in [0, 0.05) is 30.7 Å². The molecular formula is C18H25BrN2O2. The van der Waals surface area contributed by atoms with Crippen LogP contribution in [0.15, 0.2) is 34.8 Å². The van der Waals surface area contributed by atoms with Crippen molar-refractivity contribution in [3.63, 3.8) is 0 Å². The van der Waals surface area contributed by atoms with Crippen molar-refractivity contribution in [2.75, 3.05) is 19.6 Å². The molecule has 0 radical (unpaired) electrons. The Morgan fingerprint density at radius 3 is 2.61 bits per heavy atom. The van der Waals surface area contributed by atoms with Crippen molar-refractivity contribution in [3.05, 3.63) is 46.0 Å². The Morgan fingerprint density at radius 1 is 1.30 bits per heavy atom. The molecule has 1 aromatic rings. The Labute approximate surface area is 147 Å². The van der Waals surface area contributed by atoms with Gasteiger partial charge >= 0.3 is 6.09 Å². The molecule has 2 rings (SSSR count). The van der Waals surface area contributed by atoms with Crippen LogP contribution in [0.4, 0.5) is 4.79 Å². The Hall–Kier alpha value is -1.33. The zero-order chi connectivity index (χ0) is 16.9. The number of carbonyl (C=O) groups excluding carboxylic acids is 1. The maximum absolute atomic E-state index is 11.6. The molecule has 0 atom stereocenters. The maximum atomic E-state index is 11.6. The van der Waals surface area contributed by atoms with Gasteiger partial charge in [-0.2, -0.15) is 0 Å². The van der Waals surface area contributed by atoms with Crippen LogP contribution in [-0.2, 0) is 17.7 Å². The molecule has 0 fully saturated rings. The summed E-state index contributed by atoms with van der Waals surface area (Å²) in [7, 11) is 0. The van der Waals surface area contributed by atoms with E-state index in [0.717, 1.165) is 30.5 Å². The summed E-state index contributed by atoms with van der Waals surface area (Å²) in [6, 6.07) is 6.42. The lowest BCUT2D eigenvalue weighted by atomic mass is 10.1. The average molecular weight is 381 g/mol. The van der Waals surface area contributed by atoms with Crippen LogP contribution in [0.3, 0.4) is 0 Å². The number of ether oxygens (including phenoxy) is 1. The van der Waals surface area contributed by atoms with Crippen molar-refractivity contribution < 1.29 is 9.53 Å². The van der Waals surface area contributed by atoms with E-state index >= 15 is 0 Å². The molecule has 0 saturated heterocycles. The quantitative estimate of drug-likeness (QED) is 0.787.